The zero-order chi connectivity index (χ0) is 13.8. The maximum Gasteiger partial charge on any atom is 0.123 e. The van der Waals surface area contributed by atoms with Gasteiger partial charge < -0.3 is 14.8 Å². The Bertz CT molecular complexity index is 584. The summed E-state index contributed by atoms with van der Waals surface area (Å²) in [4.78, 5) is 0. The van der Waals surface area contributed by atoms with Gasteiger partial charge >= 0.3 is 0 Å². The summed E-state index contributed by atoms with van der Waals surface area (Å²) in [6, 6.07) is 11.4. The summed E-state index contributed by atoms with van der Waals surface area (Å²) in [6.07, 6.45) is 0. The van der Waals surface area contributed by atoms with Gasteiger partial charge in [-0.25, -0.2) is 0 Å². The highest BCUT2D eigenvalue weighted by molar-refractivity contribution is 6.33. The van der Waals surface area contributed by atoms with Crippen molar-refractivity contribution in [3.05, 3.63) is 47.0 Å². The van der Waals surface area contributed by atoms with Gasteiger partial charge in [0.1, 0.15) is 11.5 Å². The minimum atomic E-state index is 0.654. The normalized spacial score (nSPS) is 10.1. The molecule has 0 amide bonds. The van der Waals surface area contributed by atoms with Crippen LogP contribution in [0.1, 0.15) is 5.56 Å². The highest BCUT2D eigenvalue weighted by Gasteiger charge is 2.07. The Morgan fingerprint density at radius 3 is 2.53 bits per heavy atom. The maximum atomic E-state index is 6.23. The molecule has 0 aliphatic carbocycles. The van der Waals surface area contributed by atoms with E-state index in [9.17, 15) is 0 Å². The maximum absolute atomic E-state index is 6.23. The van der Waals surface area contributed by atoms with Crippen LogP contribution in [0.3, 0.4) is 0 Å². The highest BCUT2D eigenvalue weighted by Crippen LogP contribution is 2.33. The van der Waals surface area contributed by atoms with Crippen molar-refractivity contribution in [3.8, 4) is 11.5 Å². The van der Waals surface area contributed by atoms with E-state index in [2.05, 4.69) is 5.32 Å². The van der Waals surface area contributed by atoms with Crippen LogP contribution >= 0.6 is 11.6 Å². The Morgan fingerprint density at radius 2 is 1.84 bits per heavy atom. The molecule has 2 rings (SSSR count). The third kappa shape index (κ3) is 3.12. The summed E-state index contributed by atoms with van der Waals surface area (Å²) in [7, 11) is 3.28. The number of aryl methyl sites for hydroxylation is 1. The molecule has 0 aromatic heterocycles. The van der Waals surface area contributed by atoms with E-state index in [-0.39, 0.29) is 0 Å². The first-order valence-electron chi connectivity index (χ1n) is 5.89. The Balaban J connectivity index is 2.32. The fraction of sp³-hybridized carbons (Fsp3) is 0.200. The molecule has 0 heterocycles. The molecule has 1 N–H and O–H groups in total. The van der Waals surface area contributed by atoms with Crippen molar-refractivity contribution in [1.29, 1.82) is 0 Å². The van der Waals surface area contributed by atoms with E-state index in [4.69, 9.17) is 21.1 Å². The van der Waals surface area contributed by atoms with Crippen LogP contribution in [0.25, 0.3) is 0 Å². The number of anilines is 2. The van der Waals surface area contributed by atoms with Gasteiger partial charge in [-0.1, -0.05) is 17.7 Å². The summed E-state index contributed by atoms with van der Waals surface area (Å²) in [5, 5.41) is 3.91. The van der Waals surface area contributed by atoms with Crippen LogP contribution < -0.4 is 14.8 Å². The van der Waals surface area contributed by atoms with Gasteiger partial charge in [0.15, 0.2) is 0 Å². The third-order valence-corrected chi connectivity index (χ3v) is 3.15. The smallest absolute Gasteiger partial charge is 0.123 e. The van der Waals surface area contributed by atoms with Gasteiger partial charge in [0, 0.05) is 17.8 Å². The lowest BCUT2D eigenvalue weighted by Crippen LogP contribution is -1.95. The minimum absolute atomic E-state index is 0.654. The molecular formula is C15H16ClNO2. The van der Waals surface area contributed by atoms with Crippen LogP contribution in [0.15, 0.2) is 36.4 Å². The Kier molecular flexibility index (Phi) is 4.17. The summed E-state index contributed by atoms with van der Waals surface area (Å²) >= 11 is 6.23. The molecule has 0 spiro atoms. The van der Waals surface area contributed by atoms with Gasteiger partial charge in [-0.15, -0.1) is 0 Å². The second-order valence-electron chi connectivity index (χ2n) is 4.16. The number of ether oxygens (including phenoxy) is 2. The number of halogens is 1. The van der Waals surface area contributed by atoms with E-state index in [1.165, 1.54) is 0 Å². The van der Waals surface area contributed by atoms with Crippen LogP contribution in [-0.2, 0) is 0 Å². The van der Waals surface area contributed by atoms with E-state index in [0.29, 0.717) is 5.02 Å². The Morgan fingerprint density at radius 1 is 1.05 bits per heavy atom. The van der Waals surface area contributed by atoms with Crippen LogP contribution in [0.5, 0.6) is 11.5 Å². The lowest BCUT2D eigenvalue weighted by atomic mass is 10.2. The van der Waals surface area contributed by atoms with Gasteiger partial charge in [0.05, 0.1) is 24.9 Å². The van der Waals surface area contributed by atoms with Gasteiger partial charge in [-0.05, 0) is 30.7 Å². The molecule has 3 nitrogen and oxygen atoms in total. The van der Waals surface area contributed by atoms with Crippen molar-refractivity contribution in [3.63, 3.8) is 0 Å². The third-order valence-electron chi connectivity index (χ3n) is 2.83. The zero-order valence-electron chi connectivity index (χ0n) is 11.2. The van der Waals surface area contributed by atoms with Crippen molar-refractivity contribution in [1.82, 2.24) is 0 Å². The molecule has 2 aromatic rings. The largest absolute Gasteiger partial charge is 0.497 e. The topological polar surface area (TPSA) is 30.5 Å². The molecule has 0 fully saturated rings. The van der Waals surface area contributed by atoms with Gasteiger partial charge in [-0.3, -0.25) is 0 Å². The van der Waals surface area contributed by atoms with Crippen LogP contribution in [-0.4, -0.2) is 14.2 Å². The summed E-state index contributed by atoms with van der Waals surface area (Å²) < 4.78 is 10.5. The van der Waals surface area contributed by atoms with Crippen molar-refractivity contribution < 1.29 is 9.47 Å². The highest BCUT2D eigenvalue weighted by atomic mass is 35.5. The molecule has 0 bridgehead atoms. The minimum Gasteiger partial charge on any atom is -0.497 e. The predicted molar refractivity (Wildman–Crippen MR) is 79.0 cm³/mol. The van der Waals surface area contributed by atoms with Gasteiger partial charge in [0.2, 0.25) is 0 Å². The van der Waals surface area contributed by atoms with Crippen molar-refractivity contribution in [2.75, 3.05) is 19.5 Å². The average Bonchev–Trinajstić information content (AvgIpc) is 2.42. The fourth-order valence-electron chi connectivity index (χ4n) is 1.82. The van der Waals surface area contributed by atoms with Crippen LogP contribution in [0.4, 0.5) is 11.4 Å². The molecule has 0 atom stereocenters. The quantitative estimate of drug-likeness (QED) is 0.898. The SMILES string of the molecule is COc1cccc(Nc2cc(OC)c(C)cc2Cl)c1. The monoisotopic (exact) mass is 277 g/mol. The van der Waals surface area contributed by atoms with Crippen molar-refractivity contribution >= 4 is 23.0 Å². The summed E-state index contributed by atoms with van der Waals surface area (Å²) in [6.45, 7) is 1.96. The van der Waals surface area contributed by atoms with Crippen molar-refractivity contribution in [2.24, 2.45) is 0 Å². The van der Waals surface area contributed by atoms with E-state index in [1.54, 1.807) is 14.2 Å². The molecule has 0 aliphatic heterocycles. The molecule has 0 radical (unpaired) electrons. The standard InChI is InChI=1S/C15H16ClNO2/c1-10-7-13(16)14(9-15(10)19-3)17-11-5-4-6-12(8-11)18-2/h4-9,17H,1-3H3. The molecule has 0 unspecified atom stereocenters. The van der Waals surface area contributed by atoms with E-state index in [0.717, 1.165) is 28.4 Å². The number of methoxy groups -OCH3 is 2. The molecule has 19 heavy (non-hydrogen) atoms. The number of nitrogens with one attached hydrogen (secondary N) is 1. The molecular weight excluding hydrogens is 262 g/mol. The van der Waals surface area contributed by atoms with E-state index >= 15 is 0 Å². The summed E-state index contributed by atoms with van der Waals surface area (Å²) in [5.41, 5.74) is 2.72. The molecule has 4 heteroatoms. The molecule has 0 aliphatic rings. The van der Waals surface area contributed by atoms with Crippen molar-refractivity contribution in [2.45, 2.75) is 6.92 Å². The number of hydrogen-bond acceptors (Lipinski definition) is 3. The molecule has 0 saturated heterocycles. The number of benzene rings is 2. The second-order valence-corrected chi connectivity index (χ2v) is 4.57. The van der Waals surface area contributed by atoms with Crippen LogP contribution in [0, 0.1) is 6.92 Å². The van der Waals surface area contributed by atoms with E-state index in [1.807, 2.05) is 43.3 Å². The average molecular weight is 278 g/mol. The lowest BCUT2D eigenvalue weighted by Gasteiger charge is -2.13. The molecule has 2 aromatic carbocycles. The molecule has 0 saturated carbocycles. The first-order chi connectivity index (χ1) is 9.13. The lowest BCUT2D eigenvalue weighted by molar-refractivity contribution is 0.412. The van der Waals surface area contributed by atoms with Crippen LogP contribution in [0.2, 0.25) is 5.02 Å². The Labute approximate surface area is 118 Å². The first-order valence-corrected chi connectivity index (χ1v) is 6.27. The van der Waals surface area contributed by atoms with E-state index < -0.39 is 0 Å². The first kappa shape index (κ1) is 13.6. The number of hydrogen-bond donors (Lipinski definition) is 1. The van der Waals surface area contributed by atoms with Gasteiger partial charge in [-0.2, -0.15) is 0 Å². The second kappa shape index (κ2) is 5.85. The predicted octanol–water partition coefficient (Wildman–Crippen LogP) is 4.41. The molecule has 100 valence electrons. The fourth-order valence-corrected chi connectivity index (χ4v) is 2.09. The zero-order valence-corrected chi connectivity index (χ0v) is 11.9. The van der Waals surface area contributed by atoms with Gasteiger partial charge in [0.25, 0.3) is 0 Å². The summed E-state index contributed by atoms with van der Waals surface area (Å²) in [5.74, 6) is 1.59. The Hall–Kier alpha value is -1.87. The number of rotatable bonds is 4.